The molecule has 1 aliphatic rings. The summed E-state index contributed by atoms with van der Waals surface area (Å²) in [6.45, 7) is 6.32. The van der Waals surface area contributed by atoms with E-state index in [1.165, 1.54) is 25.9 Å². The molecular formula is C19H31Cl2IN4O. The molecule has 0 aromatic heterocycles. The molecule has 2 rings (SSSR count). The smallest absolute Gasteiger partial charge is 0.191 e. The second-order valence-electron chi connectivity index (χ2n) is 6.90. The Kier molecular flexibility index (Phi) is 12.0. The molecule has 154 valence electrons. The molecule has 8 heteroatoms. The number of benzene rings is 1. The standard InChI is InChI=1S/C19H30Cl2N4O.HI/c1-3-22-19(23-7-4-14-5-8-25(2)9-6-14)24-13-18(26)15-10-16(20)12-17(21)11-15;/h10-12,14,18,26H,3-9,13H2,1-2H3,(H2,22,23,24);1H. The van der Waals surface area contributed by atoms with Crippen molar-refractivity contribution in [1.82, 2.24) is 15.5 Å². The molecule has 0 aliphatic carbocycles. The Morgan fingerprint density at radius 1 is 1.22 bits per heavy atom. The summed E-state index contributed by atoms with van der Waals surface area (Å²) in [6.07, 6.45) is 2.93. The largest absolute Gasteiger partial charge is 0.386 e. The van der Waals surface area contributed by atoms with Crippen molar-refractivity contribution < 1.29 is 5.11 Å². The summed E-state index contributed by atoms with van der Waals surface area (Å²) < 4.78 is 0. The van der Waals surface area contributed by atoms with Crippen molar-refractivity contribution in [2.45, 2.75) is 32.3 Å². The van der Waals surface area contributed by atoms with Crippen LogP contribution in [0, 0.1) is 5.92 Å². The molecule has 1 saturated heterocycles. The van der Waals surface area contributed by atoms with E-state index < -0.39 is 6.10 Å². The van der Waals surface area contributed by atoms with Gasteiger partial charge in [-0.2, -0.15) is 0 Å². The number of hydrogen-bond donors (Lipinski definition) is 3. The number of aliphatic hydroxyl groups excluding tert-OH is 1. The highest BCUT2D eigenvalue weighted by atomic mass is 127. The van der Waals surface area contributed by atoms with Crippen molar-refractivity contribution in [3.63, 3.8) is 0 Å². The van der Waals surface area contributed by atoms with E-state index in [0.717, 1.165) is 31.4 Å². The Labute approximate surface area is 189 Å². The van der Waals surface area contributed by atoms with E-state index in [1.807, 2.05) is 6.92 Å². The van der Waals surface area contributed by atoms with Gasteiger partial charge in [0.05, 0.1) is 12.6 Å². The lowest BCUT2D eigenvalue weighted by Crippen LogP contribution is -2.39. The monoisotopic (exact) mass is 528 g/mol. The Balaban J connectivity index is 0.00000364. The molecule has 5 nitrogen and oxygen atoms in total. The van der Waals surface area contributed by atoms with E-state index in [4.69, 9.17) is 23.2 Å². The third-order valence-electron chi connectivity index (χ3n) is 4.72. The van der Waals surface area contributed by atoms with Crippen molar-refractivity contribution in [3.8, 4) is 0 Å². The van der Waals surface area contributed by atoms with Crippen LogP contribution < -0.4 is 10.6 Å². The highest BCUT2D eigenvalue weighted by molar-refractivity contribution is 14.0. The maximum absolute atomic E-state index is 10.4. The van der Waals surface area contributed by atoms with Crippen LogP contribution in [0.4, 0.5) is 0 Å². The van der Waals surface area contributed by atoms with E-state index in [-0.39, 0.29) is 30.5 Å². The van der Waals surface area contributed by atoms with E-state index >= 15 is 0 Å². The van der Waals surface area contributed by atoms with Crippen LogP contribution in [0.2, 0.25) is 10.0 Å². The van der Waals surface area contributed by atoms with Crippen molar-refractivity contribution in [1.29, 1.82) is 0 Å². The normalized spacial score (nSPS) is 17.3. The first-order chi connectivity index (χ1) is 12.5. The lowest BCUT2D eigenvalue weighted by molar-refractivity contribution is 0.187. The predicted molar refractivity (Wildman–Crippen MR) is 126 cm³/mol. The minimum Gasteiger partial charge on any atom is -0.386 e. The Morgan fingerprint density at radius 2 is 1.85 bits per heavy atom. The van der Waals surface area contributed by atoms with Crippen LogP contribution >= 0.6 is 47.2 Å². The van der Waals surface area contributed by atoms with Gasteiger partial charge in [-0.25, -0.2) is 0 Å². The van der Waals surface area contributed by atoms with Crippen LogP contribution in [0.5, 0.6) is 0 Å². The number of hydrogen-bond acceptors (Lipinski definition) is 3. The summed E-state index contributed by atoms with van der Waals surface area (Å²) in [7, 11) is 2.18. The van der Waals surface area contributed by atoms with Crippen LogP contribution in [-0.2, 0) is 0 Å². The number of rotatable bonds is 7. The third kappa shape index (κ3) is 9.17. The van der Waals surface area contributed by atoms with Gasteiger partial charge in [0.25, 0.3) is 0 Å². The van der Waals surface area contributed by atoms with Crippen molar-refractivity contribution in [2.24, 2.45) is 10.9 Å². The molecule has 1 aliphatic heterocycles. The van der Waals surface area contributed by atoms with Crippen LogP contribution in [0.25, 0.3) is 0 Å². The number of guanidine groups is 1. The lowest BCUT2D eigenvalue weighted by atomic mass is 9.94. The van der Waals surface area contributed by atoms with Gasteiger partial charge in [-0.3, -0.25) is 4.99 Å². The number of aliphatic hydroxyl groups is 1. The molecule has 0 bridgehead atoms. The van der Waals surface area contributed by atoms with Gasteiger partial charge in [-0.1, -0.05) is 23.2 Å². The van der Waals surface area contributed by atoms with Gasteiger partial charge in [-0.15, -0.1) is 24.0 Å². The molecule has 1 aromatic carbocycles. The van der Waals surface area contributed by atoms with Crippen molar-refractivity contribution in [2.75, 3.05) is 39.8 Å². The molecule has 0 saturated carbocycles. The summed E-state index contributed by atoms with van der Waals surface area (Å²) >= 11 is 12.0. The topological polar surface area (TPSA) is 59.9 Å². The van der Waals surface area contributed by atoms with Gasteiger partial charge in [-0.05, 0) is 76.0 Å². The van der Waals surface area contributed by atoms with Crippen LogP contribution in [-0.4, -0.2) is 55.7 Å². The van der Waals surface area contributed by atoms with Gasteiger partial charge in [0.2, 0.25) is 0 Å². The number of likely N-dealkylation sites (tertiary alicyclic amines) is 1. The SMILES string of the molecule is CCNC(=NCC(O)c1cc(Cl)cc(Cl)c1)NCCC1CCN(C)CC1.I. The number of aliphatic imine (C=N–C) groups is 1. The first kappa shape index (κ1) is 24.8. The summed E-state index contributed by atoms with van der Waals surface area (Å²) in [5.74, 6) is 1.51. The molecule has 1 fully saturated rings. The van der Waals surface area contributed by atoms with Crippen LogP contribution in [0.15, 0.2) is 23.2 Å². The Bertz CT molecular complexity index is 575. The quantitative estimate of drug-likeness (QED) is 0.285. The maximum Gasteiger partial charge on any atom is 0.191 e. The fourth-order valence-electron chi connectivity index (χ4n) is 3.14. The van der Waals surface area contributed by atoms with Gasteiger partial charge >= 0.3 is 0 Å². The van der Waals surface area contributed by atoms with Crippen molar-refractivity contribution >= 4 is 53.1 Å². The fourth-order valence-corrected chi connectivity index (χ4v) is 3.68. The molecule has 27 heavy (non-hydrogen) atoms. The molecule has 0 amide bonds. The summed E-state index contributed by atoms with van der Waals surface area (Å²) in [4.78, 5) is 6.88. The zero-order chi connectivity index (χ0) is 18.9. The summed E-state index contributed by atoms with van der Waals surface area (Å²) in [6, 6.07) is 5.08. The molecule has 3 N–H and O–H groups in total. The lowest BCUT2D eigenvalue weighted by Gasteiger charge is -2.29. The Morgan fingerprint density at radius 3 is 2.44 bits per heavy atom. The van der Waals surface area contributed by atoms with Crippen LogP contribution in [0.3, 0.4) is 0 Å². The van der Waals surface area contributed by atoms with E-state index in [2.05, 4.69) is 27.6 Å². The van der Waals surface area contributed by atoms with E-state index in [9.17, 15) is 5.11 Å². The second kappa shape index (κ2) is 13.0. The molecule has 1 unspecified atom stereocenters. The molecular weight excluding hydrogens is 498 g/mol. The van der Waals surface area contributed by atoms with Crippen molar-refractivity contribution in [3.05, 3.63) is 33.8 Å². The number of halogens is 3. The molecule has 1 aromatic rings. The van der Waals surface area contributed by atoms with Gasteiger partial charge < -0.3 is 20.6 Å². The van der Waals surface area contributed by atoms with Gasteiger partial charge in [0, 0.05) is 23.1 Å². The minimum absolute atomic E-state index is 0. The fraction of sp³-hybridized carbons (Fsp3) is 0.632. The molecule has 1 atom stereocenters. The number of nitrogens with one attached hydrogen (secondary N) is 2. The number of nitrogens with zero attached hydrogens (tertiary/aromatic N) is 2. The molecule has 1 heterocycles. The first-order valence-electron chi connectivity index (χ1n) is 9.32. The third-order valence-corrected chi connectivity index (χ3v) is 5.16. The molecule has 0 spiro atoms. The predicted octanol–water partition coefficient (Wildman–Crippen LogP) is 3.93. The van der Waals surface area contributed by atoms with Gasteiger partial charge in [0.1, 0.15) is 0 Å². The molecule has 0 radical (unpaired) electrons. The summed E-state index contributed by atoms with van der Waals surface area (Å²) in [5, 5.41) is 18.0. The maximum atomic E-state index is 10.4. The highest BCUT2D eigenvalue weighted by Crippen LogP contribution is 2.23. The first-order valence-corrected chi connectivity index (χ1v) is 10.1. The van der Waals surface area contributed by atoms with Crippen LogP contribution in [0.1, 0.15) is 37.9 Å². The van der Waals surface area contributed by atoms with E-state index in [0.29, 0.717) is 15.6 Å². The Hall–Kier alpha value is -0.280. The average Bonchev–Trinajstić information content (AvgIpc) is 2.60. The second-order valence-corrected chi connectivity index (χ2v) is 7.77. The zero-order valence-corrected chi connectivity index (χ0v) is 19.9. The van der Waals surface area contributed by atoms with E-state index in [1.54, 1.807) is 18.2 Å². The minimum atomic E-state index is -0.740. The highest BCUT2D eigenvalue weighted by Gasteiger charge is 2.16. The average molecular weight is 529 g/mol. The number of piperidine rings is 1. The van der Waals surface area contributed by atoms with Gasteiger partial charge in [0.15, 0.2) is 5.96 Å². The summed E-state index contributed by atoms with van der Waals surface area (Å²) in [5.41, 5.74) is 0.674. The zero-order valence-electron chi connectivity index (χ0n) is 16.0.